The van der Waals surface area contributed by atoms with E-state index in [2.05, 4.69) is 31.0 Å². The topological polar surface area (TPSA) is 226 Å². The van der Waals surface area contributed by atoms with E-state index in [0.717, 1.165) is 52.5 Å². The Morgan fingerprint density at radius 1 is 1.23 bits per heavy atom. The molecule has 3 aliphatic heterocycles. The zero-order valence-corrected chi connectivity index (χ0v) is 30.8. The second kappa shape index (κ2) is 15.4. The van der Waals surface area contributed by atoms with Crippen LogP contribution in [0.5, 0.6) is 0 Å². The molecule has 1 aliphatic carbocycles. The summed E-state index contributed by atoms with van der Waals surface area (Å²) in [6, 6.07) is 2.64. The molecule has 7 rings (SSSR count). The molecule has 0 aromatic carbocycles. The monoisotopic (exact) mass is 779 g/mol. The van der Waals surface area contributed by atoms with Crippen LogP contribution in [0.3, 0.4) is 0 Å². The number of amides is 4. The van der Waals surface area contributed by atoms with Crippen LogP contribution in [0.4, 0.5) is 10.3 Å². The maximum Gasteiger partial charge on any atom is 0.352 e. The fourth-order valence-electron chi connectivity index (χ4n) is 6.51. The van der Waals surface area contributed by atoms with Crippen LogP contribution in [0, 0.1) is 6.92 Å². The Kier molecular flexibility index (Phi) is 10.5. The molecule has 6 heterocycles. The number of carbonyl (C=O) groups excluding carboxylic acids is 4. The molecule has 5 N–H and O–H groups in total. The number of oxime groups is 1. The molecular weight excluding hydrogens is 745 g/mol. The third-order valence-electron chi connectivity index (χ3n) is 9.01. The molecule has 20 heteroatoms. The second-order valence-electron chi connectivity index (χ2n) is 12.8. The number of carbonyl (C=O) groups is 5. The molecule has 0 spiro atoms. The maximum absolute atomic E-state index is 13.5. The number of likely N-dealkylation sites (tertiary alicyclic amines) is 1. The molecule has 1 saturated carbocycles. The van der Waals surface area contributed by atoms with Gasteiger partial charge in [0.05, 0.1) is 6.54 Å². The number of carboxylic acid groups (broad SMARTS) is 1. The standard InChI is InChI=1S/C33H34N10O7S3/c1-17-38-39-33(53-17)36-23(44)14-41-9-4-5-18(12-41)13-42-10-8-19(28(42)46)11-20-15-51-30-25(29(47)43(30)26(20)31(48)49)37-27(45)24(22-16-52-32(34)35-22)40-50-21-6-2-3-7-21/h4-5,9,11-12,16,21,25,30H,2-3,6-8,10,13-15H2,1H3,(H4-,34,35,36,37,39,44,45,48,49)/p+1/b19-11+,40-24-/t25-,30-/m1/s1. The molecule has 3 aromatic heterocycles. The number of rotatable bonds is 12. The summed E-state index contributed by atoms with van der Waals surface area (Å²) in [4.78, 5) is 78.0. The number of nitrogen functional groups attached to an aromatic ring is 1. The number of nitrogens with zero attached hydrogens (tertiary/aromatic N) is 7. The van der Waals surface area contributed by atoms with Crippen LogP contribution in [0.1, 0.15) is 48.4 Å². The van der Waals surface area contributed by atoms with Crippen LogP contribution in [0.25, 0.3) is 0 Å². The lowest BCUT2D eigenvalue weighted by atomic mass is 10.0. The predicted octanol–water partition coefficient (Wildman–Crippen LogP) is 1.57. The molecule has 0 radical (unpaired) electrons. The first-order valence-electron chi connectivity index (χ1n) is 16.8. The van der Waals surface area contributed by atoms with Crippen molar-refractivity contribution < 1.29 is 38.5 Å². The highest BCUT2D eigenvalue weighted by Gasteiger charge is 2.54. The van der Waals surface area contributed by atoms with Crippen molar-refractivity contribution in [3.8, 4) is 0 Å². The number of nitrogens with two attached hydrogens (primary N) is 1. The Hall–Kier alpha value is -5.21. The van der Waals surface area contributed by atoms with E-state index < -0.39 is 29.2 Å². The van der Waals surface area contributed by atoms with Gasteiger partial charge in [0.1, 0.15) is 33.9 Å². The summed E-state index contributed by atoms with van der Waals surface area (Å²) in [7, 11) is 0. The van der Waals surface area contributed by atoms with Gasteiger partial charge in [-0.3, -0.25) is 29.4 Å². The minimum atomic E-state index is -1.31. The molecule has 276 valence electrons. The largest absolute Gasteiger partial charge is 0.477 e. The molecule has 3 fully saturated rings. The molecule has 2 atom stereocenters. The van der Waals surface area contributed by atoms with Gasteiger partial charge in [-0.15, -0.1) is 33.3 Å². The van der Waals surface area contributed by atoms with Crippen molar-refractivity contribution in [2.75, 3.05) is 23.3 Å². The summed E-state index contributed by atoms with van der Waals surface area (Å²) in [5.41, 5.74) is 7.24. The number of nitrogens with one attached hydrogen (secondary N) is 2. The lowest BCUT2D eigenvalue weighted by molar-refractivity contribution is -0.684. The fourth-order valence-corrected chi connectivity index (χ4v) is 8.97. The van der Waals surface area contributed by atoms with E-state index in [1.54, 1.807) is 46.3 Å². The molecule has 4 aliphatic rings. The summed E-state index contributed by atoms with van der Waals surface area (Å²) in [5, 5.41) is 29.9. The third-order valence-corrected chi connectivity index (χ3v) is 11.7. The number of anilines is 2. The Labute approximate surface area is 315 Å². The van der Waals surface area contributed by atoms with Gasteiger partial charge >= 0.3 is 5.97 Å². The van der Waals surface area contributed by atoms with Crippen LogP contribution < -0.4 is 20.9 Å². The van der Waals surface area contributed by atoms with Crippen molar-refractivity contribution in [2.45, 2.75) is 69.6 Å². The fraction of sp³-hybridized carbons (Fsp3) is 0.394. The summed E-state index contributed by atoms with van der Waals surface area (Å²) in [5.74, 6) is -2.91. The lowest BCUT2D eigenvalue weighted by Crippen LogP contribution is -2.71. The Morgan fingerprint density at radius 2 is 2.04 bits per heavy atom. The van der Waals surface area contributed by atoms with Crippen molar-refractivity contribution in [1.29, 1.82) is 0 Å². The highest BCUT2D eigenvalue weighted by Crippen LogP contribution is 2.41. The number of hydrogen-bond acceptors (Lipinski definition) is 14. The first-order valence-corrected chi connectivity index (χ1v) is 19.5. The van der Waals surface area contributed by atoms with Crippen molar-refractivity contribution >= 4 is 80.0 Å². The number of aryl methyl sites for hydroxylation is 1. The Bertz CT molecular complexity index is 2070. The van der Waals surface area contributed by atoms with Crippen molar-refractivity contribution in [3.05, 3.63) is 69.1 Å². The number of carboxylic acids is 1. The van der Waals surface area contributed by atoms with Gasteiger partial charge in [-0.25, -0.2) is 9.78 Å². The molecule has 0 unspecified atom stereocenters. The average Bonchev–Trinajstić information content (AvgIpc) is 3.95. The lowest BCUT2D eigenvalue weighted by Gasteiger charge is -2.49. The summed E-state index contributed by atoms with van der Waals surface area (Å²) in [6.45, 7) is 2.54. The second-order valence-corrected chi connectivity index (χ2v) is 15.9. The van der Waals surface area contributed by atoms with E-state index in [-0.39, 0.29) is 59.0 Å². The molecule has 17 nitrogen and oxygen atoms in total. The van der Waals surface area contributed by atoms with Gasteiger partial charge in [-0.2, -0.15) is 4.57 Å². The van der Waals surface area contributed by atoms with Crippen molar-refractivity contribution in [2.24, 2.45) is 5.16 Å². The minimum Gasteiger partial charge on any atom is -0.477 e. The zero-order chi connectivity index (χ0) is 37.2. The van der Waals surface area contributed by atoms with Gasteiger partial charge in [0.2, 0.25) is 17.6 Å². The summed E-state index contributed by atoms with van der Waals surface area (Å²) in [6.07, 6.45) is 9.03. The van der Waals surface area contributed by atoms with E-state index in [1.165, 1.54) is 23.1 Å². The molecular formula is C33H35N10O7S3+. The van der Waals surface area contributed by atoms with Crippen LogP contribution in [-0.2, 0) is 41.9 Å². The van der Waals surface area contributed by atoms with E-state index >= 15 is 0 Å². The molecule has 3 aromatic rings. The number of hydrogen-bond donors (Lipinski definition) is 4. The first kappa shape index (κ1) is 36.2. The number of β-lactam (4-membered cyclic amide) rings is 1. The normalized spacial score (nSPS) is 21.2. The smallest absolute Gasteiger partial charge is 0.352 e. The van der Waals surface area contributed by atoms with Crippen LogP contribution in [0.2, 0.25) is 0 Å². The van der Waals surface area contributed by atoms with Gasteiger partial charge in [0.25, 0.3) is 17.7 Å². The number of thioether (sulfide) groups is 1. The van der Waals surface area contributed by atoms with Crippen molar-refractivity contribution in [1.82, 2.24) is 30.3 Å². The number of fused-ring (bicyclic) bond motifs is 1. The number of thiazole rings is 1. The highest BCUT2D eigenvalue weighted by molar-refractivity contribution is 8.00. The molecule has 53 heavy (non-hydrogen) atoms. The van der Waals surface area contributed by atoms with Crippen LogP contribution >= 0.6 is 34.4 Å². The van der Waals surface area contributed by atoms with E-state index in [4.69, 9.17) is 10.6 Å². The number of aromatic nitrogens is 4. The van der Waals surface area contributed by atoms with Crippen LogP contribution in [-0.4, -0.2) is 95.2 Å². The SMILES string of the molecule is Cc1nnc(NC(=O)C[n+]2cccc(CN3CC/C(=C\C4=C(C(=O)O)N5C(=O)[C@@H](NC(=O)/C(=N\OC6CCCC6)c6csc(N)n6)[C@H]5SC4)C3=O)c2)s1. The van der Waals surface area contributed by atoms with Gasteiger partial charge < -0.3 is 25.9 Å². The molecule has 4 amide bonds. The highest BCUT2D eigenvalue weighted by atomic mass is 32.2. The predicted molar refractivity (Wildman–Crippen MR) is 194 cm³/mol. The number of pyridine rings is 1. The van der Waals surface area contributed by atoms with Gasteiger partial charge in [-0.1, -0.05) is 16.5 Å². The zero-order valence-electron chi connectivity index (χ0n) is 28.4. The van der Waals surface area contributed by atoms with Gasteiger partial charge in [0, 0.05) is 34.9 Å². The minimum absolute atomic E-state index is 0.0423. The summed E-state index contributed by atoms with van der Waals surface area (Å²) < 4.78 is 1.71. The van der Waals surface area contributed by atoms with Crippen LogP contribution in [0.15, 0.2) is 58.0 Å². The Balaban J connectivity index is 1.00. The van der Waals surface area contributed by atoms with E-state index in [9.17, 15) is 29.1 Å². The molecule has 2 saturated heterocycles. The summed E-state index contributed by atoms with van der Waals surface area (Å²) >= 11 is 3.71. The third kappa shape index (κ3) is 7.93. The number of allylic oxidation sites excluding steroid dienone is 1. The van der Waals surface area contributed by atoms with Gasteiger partial charge in [0.15, 0.2) is 23.2 Å². The maximum atomic E-state index is 13.5. The van der Waals surface area contributed by atoms with Crippen molar-refractivity contribution in [3.63, 3.8) is 0 Å². The van der Waals surface area contributed by atoms with Gasteiger partial charge in [-0.05, 0) is 56.7 Å². The molecule has 0 bridgehead atoms. The Morgan fingerprint density at radius 3 is 2.75 bits per heavy atom. The average molecular weight is 780 g/mol. The number of aliphatic carboxylic acids is 1. The van der Waals surface area contributed by atoms with E-state index in [0.29, 0.717) is 29.2 Å². The quantitative estimate of drug-likeness (QED) is 0.0676. The van der Waals surface area contributed by atoms with E-state index in [1.807, 2.05) is 6.07 Å². The first-order chi connectivity index (χ1) is 25.5.